The molecule has 1 N–H and O–H groups in total. The van der Waals surface area contributed by atoms with Crippen LogP contribution in [0.5, 0.6) is 0 Å². The Bertz CT molecular complexity index is 625. The highest BCUT2D eigenvalue weighted by atomic mass is 16.1. The summed E-state index contributed by atoms with van der Waals surface area (Å²) in [4.78, 5) is 22.7. The number of rotatable bonds is 6. The predicted molar refractivity (Wildman–Crippen MR) is 89.3 cm³/mol. The van der Waals surface area contributed by atoms with E-state index >= 15 is 0 Å². The van der Waals surface area contributed by atoms with E-state index in [-0.39, 0.29) is 5.91 Å². The van der Waals surface area contributed by atoms with Crippen LogP contribution in [-0.2, 0) is 0 Å². The average molecular weight is 298 g/mol. The Morgan fingerprint density at radius 3 is 2.64 bits per heavy atom. The normalized spacial score (nSPS) is 10.3. The number of carbonyl (C=O) groups excluding carboxylic acids is 1. The van der Waals surface area contributed by atoms with Crippen molar-refractivity contribution in [3.05, 3.63) is 47.8 Å². The van der Waals surface area contributed by atoms with Crippen LogP contribution in [0.3, 0.4) is 0 Å². The summed E-state index contributed by atoms with van der Waals surface area (Å²) in [6.07, 6.45) is 5.35. The van der Waals surface area contributed by atoms with Gasteiger partial charge in [-0.3, -0.25) is 4.79 Å². The Morgan fingerprint density at radius 1 is 1.27 bits per heavy atom. The largest absolute Gasteiger partial charge is 0.344 e. The summed E-state index contributed by atoms with van der Waals surface area (Å²) in [6.45, 7) is 5.04. The average Bonchev–Trinajstić information content (AvgIpc) is 2.52. The Morgan fingerprint density at radius 2 is 2.00 bits per heavy atom. The third-order valence-corrected chi connectivity index (χ3v) is 3.36. The monoisotopic (exact) mass is 298 g/mol. The molecule has 0 atom stereocenters. The molecule has 0 aliphatic heterocycles. The van der Waals surface area contributed by atoms with E-state index < -0.39 is 0 Å². The molecule has 0 aliphatic carbocycles. The number of nitrogens with one attached hydrogen (secondary N) is 1. The fourth-order valence-corrected chi connectivity index (χ4v) is 2.06. The minimum Gasteiger partial charge on any atom is -0.344 e. The van der Waals surface area contributed by atoms with Gasteiger partial charge in [0, 0.05) is 31.7 Å². The van der Waals surface area contributed by atoms with Gasteiger partial charge in [-0.15, -0.1) is 0 Å². The molecule has 2 aromatic rings. The number of benzene rings is 1. The predicted octanol–water partition coefficient (Wildman–Crippen LogP) is 3.27. The van der Waals surface area contributed by atoms with Gasteiger partial charge in [0.05, 0.1) is 5.56 Å². The third-order valence-electron chi connectivity index (χ3n) is 3.36. The highest BCUT2D eigenvalue weighted by Gasteiger charge is 2.09. The van der Waals surface area contributed by atoms with E-state index in [1.165, 1.54) is 0 Å². The second-order valence-electron chi connectivity index (χ2n) is 5.37. The van der Waals surface area contributed by atoms with Gasteiger partial charge in [0.2, 0.25) is 5.95 Å². The number of nitrogens with zero attached hydrogens (tertiary/aromatic N) is 3. The highest BCUT2D eigenvalue weighted by Crippen LogP contribution is 2.12. The van der Waals surface area contributed by atoms with E-state index in [0.29, 0.717) is 11.5 Å². The molecule has 1 aromatic heterocycles. The van der Waals surface area contributed by atoms with Gasteiger partial charge in [0.1, 0.15) is 0 Å². The van der Waals surface area contributed by atoms with Gasteiger partial charge in [-0.05, 0) is 31.0 Å². The maximum Gasteiger partial charge on any atom is 0.258 e. The Kier molecular flexibility index (Phi) is 5.47. The van der Waals surface area contributed by atoms with Crippen LogP contribution < -0.4 is 10.2 Å². The maximum absolute atomic E-state index is 12.2. The van der Waals surface area contributed by atoms with Gasteiger partial charge < -0.3 is 10.2 Å². The zero-order chi connectivity index (χ0) is 15.9. The molecule has 0 spiro atoms. The Hall–Kier alpha value is -2.43. The van der Waals surface area contributed by atoms with E-state index in [0.717, 1.165) is 30.6 Å². The van der Waals surface area contributed by atoms with Gasteiger partial charge in [-0.1, -0.05) is 25.5 Å². The third kappa shape index (κ3) is 4.28. The lowest BCUT2D eigenvalue weighted by atomic mass is 10.2. The zero-order valence-corrected chi connectivity index (χ0v) is 13.3. The van der Waals surface area contributed by atoms with Crippen LogP contribution in [0, 0.1) is 6.92 Å². The topological polar surface area (TPSA) is 58.1 Å². The number of aromatic nitrogens is 2. The first-order valence-corrected chi connectivity index (χ1v) is 7.51. The maximum atomic E-state index is 12.2. The molecule has 0 bridgehead atoms. The minimum absolute atomic E-state index is 0.201. The number of hydrogen-bond acceptors (Lipinski definition) is 4. The molecule has 1 aromatic carbocycles. The molecule has 0 radical (unpaired) electrons. The van der Waals surface area contributed by atoms with Gasteiger partial charge in [-0.2, -0.15) is 0 Å². The van der Waals surface area contributed by atoms with Crippen molar-refractivity contribution in [2.45, 2.75) is 26.7 Å². The lowest BCUT2D eigenvalue weighted by molar-refractivity contribution is 0.102. The van der Waals surface area contributed by atoms with E-state index in [1.54, 1.807) is 12.4 Å². The van der Waals surface area contributed by atoms with Gasteiger partial charge in [-0.25, -0.2) is 9.97 Å². The highest BCUT2D eigenvalue weighted by molar-refractivity contribution is 6.03. The molecule has 0 saturated carbocycles. The molecule has 1 amide bonds. The molecule has 0 fully saturated rings. The van der Waals surface area contributed by atoms with Gasteiger partial charge in [0.15, 0.2) is 0 Å². The van der Waals surface area contributed by atoms with E-state index in [1.807, 2.05) is 43.1 Å². The van der Waals surface area contributed by atoms with E-state index in [4.69, 9.17) is 0 Å². The molecule has 116 valence electrons. The summed E-state index contributed by atoms with van der Waals surface area (Å²) >= 11 is 0. The SMILES string of the molecule is CCCCN(C)c1ncc(C(=O)Nc2cccc(C)c2)cn1. The van der Waals surface area contributed by atoms with E-state index in [2.05, 4.69) is 22.2 Å². The fraction of sp³-hybridized carbons (Fsp3) is 0.353. The van der Waals surface area contributed by atoms with Crippen molar-refractivity contribution in [1.29, 1.82) is 0 Å². The quantitative estimate of drug-likeness (QED) is 0.889. The number of carbonyl (C=O) groups is 1. The molecule has 2 rings (SSSR count). The van der Waals surface area contributed by atoms with Crippen molar-refractivity contribution in [3.8, 4) is 0 Å². The van der Waals surface area contributed by atoms with Crippen molar-refractivity contribution < 1.29 is 4.79 Å². The molecule has 0 saturated heterocycles. The second-order valence-corrected chi connectivity index (χ2v) is 5.37. The van der Waals surface area contributed by atoms with Crippen molar-refractivity contribution in [1.82, 2.24) is 9.97 Å². The molecular formula is C17H22N4O. The number of unbranched alkanes of at least 4 members (excludes halogenated alkanes) is 1. The van der Waals surface area contributed by atoms with Crippen molar-refractivity contribution >= 4 is 17.5 Å². The first-order valence-electron chi connectivity index (χ1n) is 7.51. The summed E-state index contributed by atoms with van der Waals surface area (Å²) < 4.78 is 0. The molecular weight excluding hydrogens is 276 g/mol. The summed E-state index contributed by atoms with van der Waals surface area (Å²) in [6, 6.07) is 7.68. The summed E-state index contributed by atoms with van der Waals surface area (Å²) in [5.74, 6) is 0.439. The lowest BCUT2D eigenvalue weighted by Crippen LogP contribution is -2.21. The molecule has 1 heterocycles. The van der Waals surface area contributed by atoms with Crippen LogP contribution in [0.4, 0.5) is 11.6 Å². The molecule has 0 unspecified atom stereocenters. The van der Waals surface area contributed by atoms with Crippen molar-refractivity contribution in [3.63, 3.8) is 0 Å². The van der Waals surface area contributed by atoms with Crippen molar-refractivity contribution in [2.75, 3.05) is 23.8 Å². The summed E-state index contributed by atoms with van der Waals surface area (Å²) in [5.41, 5.74) is 2.32. The number of hydrogen-bond donors (Lipinski definition) is 1. The van der Waals surface area contributed by atoms with Crippen LogP contribution >= 0.6 is 0 Å². The number of amides is 1. The van der Waals surface area contributed by atoms with Gasteiger partial charge in [0.25, 0.3) is 5.91 Å². The fourth-order valence-electron chi connectivity index (χ4n) is 2.06. The first-order chi connectivity index (χ1) is 10.6. The van der Waals surface area contributed by atoms with Crippen LogP contribution in [-0.4, -0.2) is 29.5 Å². The number of anilines is 2. The van der Waals surface area contributed by atoms with Crippen LogP contribution in [0.15, 0.2) is 36.7 Å². The zero-order valence-electron chi connectivity index (χ0n) is 13.3. The Balaban J connectivity index is 2.02. The van der Waals surface area contributed by atoms with Crippen LogP contribution in [0.2, 0.25) is 0 Å². The van der Waals surface area contributed by atoms with Crippen LogP contribution in [0.1, 0.15) is 35.7 Å². The Labute approximate surface area is 131 Å². The molecule has 22 heavy (non-hydrogen) atoms. The van der Waals surface area contributed by atoms with Gasteiger partial charge >= 0.3 is 0 Å². The lowest BCUT2D eigenvalue weighted by Gasteiger charge is -2.16. The van der Waals surface area contributed by atoms with Crippen LogP contribution in [0.25, 0.3) is 0 Å². The molecule has 5 heteroatoms. The first kappa shape index (κ1) is 15.9. The van der Waals surface area contributed by atoms with E-state index in [9.17, 15) is 4.79 Å². The molecule has 0 aliphatic rings. The molecule has 5 nitrogen and oxygen atoms in total. The standard InChI is InChI=1S/C17H22N4O/c1-4-5-9-21(3)17-18-11-14(12-19-17)16(22)20-15-8-6-7-13(2)10-15/h6-8,10-12H,4-5,9H2,1-3H3,(H,20,22). The second kappa shape index (κ2) is 7.54. The summed E-state index contributed by atoms with van der Waals surface area (Å²) in [7, 11) is 1.96. The van der Waals surface area contributed by atoms with Crippen molar-refractivity contribution in [2.24, 2.45) is 0 Å². The summed E-state index contributed by atoms with van der Waals surface area (Å²) in [5, 5.41) is 2.85. The minimum atomic E-state index is -0.201. The smallest absolute Gasteiger partial charge is 0.258 e. The number of aryl methyl sites for hydroxylation is 1.